The minimum absolute atomic E-state index is 0.0205. The SMILES string of the molecule is Cc1cc(Br)cc(C)c1NC(=O)COc1ccc(F)cc1C(=O)NCC(=O)N(C)c1ccccc1. The number of likely N-dealkylation sites (N-methyl/N-ethyl adjacent to an activating group) is 1. The van der Waals surface area contributed by atoms with E-state index in [0.29, 0.717) is 11.4 Å². The van der Waals surface area contributed by atoms with E-state index in [1.807, 2.05) is 32.0 Å². The second-order valence-electron chi connectivity index (χ2n) is 7.86. The van der Waals surface area contributed by atoms with Gasteiger partial charge in [-0.15, -0.1) is 0 Å². The summed E-state index contributed by atoms with van der Waals surface area (Å²) in [4.78, 5) is 39.0. The van der Waals surface area contributed by atoms with Gasteiger partial charge in [0, 0.05) is 22.9 Å². The Morgan fingerprint density at radius 3 is 2.31 bits per heavy atom. The van der Waals surface area contributed by atoms with Crippen molar-refractivity contribution < 1.29 is 23.5 Å². The van der Waals surface area contributed by atoms with Crippen LogP contribution < -0.4 is 20.3 Å². The molecule has 2 N–H and O–H groups in total. The fourth-order valence-corrected chi connectivity index (χ4v) is 4.08. The van der Waals surface area contributed by atoms with Crippen LogP contribution in [0.5, 0.6) is 5.75 Å². The third-order valence-corrected chi connectivity index (χ3v) is 5.68. The molecule has 0 aliphatic heterocycles. The Morgan fingerprint density at radius 2 is 1.66 bits per heavy atom. The summed E-state index contributed by atoms with van der Waals surface area (Å²) in [6.07, 6.45) is 0. The van der Waals surface area contributed by atoms with Crippen molar-refractivity contribution in [1.29, 1.82) is 0 Å². The highest BCUT2D eigenvalue weighted by molar-refractivity contribution is 9.10. The van der Waals surface area contributed by atoms with Gasteiger partial charge >= 0.3 is 0 Å². The molecular weight excluding hydrogens is 517 g/mol. The standard InChI is InChI=1S/C26H25BrFN3O4/c1-16-11-18(27)12-17(2)25(16)30-23(32)15-35-22-10-9-19(28)13-21(22)26(34)29-14-24(33)31(3)20-7-5-4-6-8-20/h4-13H,14-15H2,1-3H3,(H,29,34)(H,30,32). The highest BCUT2D eigenvalue weighted by atomic mass is 79.9. The molecule has 7 nitrogen and oxygen atoms in total. The van der Waals surface area contributed by atoms with E-state index in [9.17, 15) is 18.8 Å². The van der Waals surface area contributed by atoms with Crippen molar-refractivity contribution in [3.63, 3.8) is 0 Å². The number of para-hydroxylation sites is 1. The largest absolute Gasteiger partial charge is 0.483 e. The summed E-state index contributed by atoms with van der Waals surface area (Å²) in [5, 5.41) is 5.28. The average molecular weight is 542 g/mol. The normalized spacial score (nSPS) is 10.4. The van der Waals surface area contributed by atoms with Crippen LogP contribution in [0, 0.1) is 19.7 Å². The number of amides is 3. The topological polar surface area (TPSA) is 87.7 Å². The Bertz CT molecular complexity index is 1230. The van der Waals surface area contributed by atoms with Crippen molar-refractivity contribution in [2.75, 3.05) is 30.4 Å². The number of aryl methyl sites for hydroxylation is 2. The molecule has 0 bridgehead atoms. The lowest BCUT2D eigenvalue weighted by Crippen LogP contribution is -2.38. The number of ether oxygens (including phenoxy) is 1. The van der Waals surface area contributed by atoms with Crippen LogP contribution in [0.3, 0.4) is 0 Å². The number of hydrogen-bond acceptors (Lipinski definition) is 4. The molecule has 3 amide bonds. The first-order valence-corrected chi connectivity index (χ1v) is 11.5. The maximum Gasteiger partial charge on any atom is 0.262 e. The number of anilines is 2. The Hall–Kier alpha value is -3.72. The van der Waals surface area contributed by atoms with E-state index in [0.717, 1.165) is 27.7 Å². The maximum atomic E-state index is 13.9. The molecule has 9 heteroatoms. The van der Waals surface area contributed by atoms with E-state index >= 15 is 0 Å². The zero-order chi connectivity index (χ0) is 25.5. The number of halogens is 2. The molecule has 35 heavy (non-hydrogen) atoms. The molecule has 0 radical (unpaired) electrons. The molecule has 3 rings (SSSR count). The van der Waals surface area contributed by atoms with Gasteiger partial charge in [0.25, 0.3) is 11.8 Å². The summed E-state index contributed by atoms with van der Waals surface area (Å²) in [5.41, 5.74) is 2.96. The quantitative estimate of drug-likeness (QED) is 0.435. The van der Waals surface area contributed by atoms with Gasteiger partial charge in [0.2, 0.25) is 5.91 Å². The zero-order valence-electron chi connectivity index (χ0n) is 19.5. The lowest BCUT2D eigenvalue weighted by Gasteiger charge is -2.18. The molecule has 0 heterocycles. The number of rotatable bonds is 8. The highest BCUT2D eigenvalue weighted by Gasteiger charge is 2.18. The van der Waals surface area contributed by atoms with Gasteiger partial charge in [-0.05, 0) is 67.4 Å². The molecule has 3 aromatic rings. The second kappa shape index (κ2) is 11.6. The molecule has 0 unspecified atom stereocenters. The Morgan fingerprint density at radius 1 is 1.00 bits per heavy atom. The van der Waals surface area contributed by atoms with Crippen LogP contribution >= 0.6 is 15.9 Å². The summed E-state index contributed by atoms with van der Waals surface area (Å²) >= 11 is 3.41. The molecule has 0 aliphatic carbocycles. The highest BCUT2D eigenvalue weighted by Crippen LogP contribution is 2.25. The van der Waals surface area contributed by atoms with Gasteiger partial charge in [0.15, 0.2) is 6.61 Å². The maximum absolute atomic E-state index is 13.9. The first-order valence-electron chi connectivity index (χ1n) is 10.7. The third-order valence-electron chi connectivity index (χ3n) is 5.22. The summed E-state index contributed by atoms with van der Waals surface area (Å²) in [7, 11) is 1.59. The average Bonchev–Trinajstić information content (AvgIpc) is 2.83. The number of nitrogens with zero attached hydrogens (tertiary/aromatic N) is 1. The van der Waals surface area contributed by atoms with Gasteiger partial charge < -0.3 is 20.3 Å². The molecule has 0 saturated carbocycles. The van der Waals surface area contributed by atoms with Gasteiger partial charge in [0.1, 0.15) is 11.6 Å². The lowest BCUT2D eigenvalue weighted by molar-refractivity contribution is -0.118. The van der Waals surface area contributed by atoms with Crippen LogP contribution in [0.2, 0.25) is 0 Å². The fourth-order valence-electron chi connectivity index (χ4n) is 3.40. The zero-order valence-corrected chi connectivity index (χ0v) is 21.1. The number of carbonyl (C=O) groups is 3. The van der Waals surface area contributed by atoms with Gasteiger partial charge in [-0.3, -0.25) is 14.4 Å². The summed E-state index contributed by atoms with van der Waals surface area (Å²) in [6.45, 7) is 3.04. The number of nitrogens with one attached hydrogen (secondary N) is 2. The lowest BCUT2D eigenvalue weighted by atomic mass is 10.1. The predicted octanol–water partition coefficient (Wildman–Crippen LogP) is 4.62. The molecule has 0 fully saturated rings. The molecule has 3 aromatic carbocycles. The number of carbonyl (C=O) groups excluding carboxylic acids is 3. The Labute approximate surface area is 211 Å². The minimum Gasteiger partial charge on any atom is -0.483 e. The molecule has 0 spiro atoms. The van der Waals surface area contributed by atoms with Gasteiger partial charge in [-0.1, -0.05) is 34.1 Å². The molecule has 0 aromatic heterocycles. The molecule has 0 atom stereocenters. The minimum atomic E-state index is -0.700. The first kappa shape index (κ1) is 25.9. The van der Waals surface area contributed by atoms with E-state index in [-0.39, 0.29) is 23.8 Å². The summed E-state index contributed by atoms with van der Waals surface area (Å²) in [5.74, 6) is -2.13. The molecule has 0 saturated heterocycles. The second-order valence-corrected chi connectivity index (χ2v) is 8.78. The molecule has 0 aliphatic rings. The van der Waals surface area contributed by atoms with Gasteiger partial charge in [-0.2, -0.15) is 0 Å². The number of hydrogen-bond donors (Lipinski definition) is 2. The van der Waals surface area contributed by atoms with Crippen molar-refractivity contribution in [2.24, 2.45) is 0 Å². The van der Waals surface area contributed by atoms with Crippen molar-refractivity contribution in [1.82, 2.24) is 5.32 Å². The first-order chi connectivity index (χ1) is 16.7. The van der Waals surface area contributed by atoms with Crippen LogP contribution in [0.25, 0.3) is 0 Å². The Balaban J connectivity index is 1.63. The van der Waals surface area contributed by atoms with Crippen LogP contribution in [-0.4, -0.2) is 37.9 Å². The predicted molar refractivity (Wildman–Crippen MR) is 136 cm³/mol. The molecular formula is C26H25BrFN3O4. The Kier molecular flexibility index (Phi) is 8.59. The van der Waals surface area contributed by atoms with E-state index < -0.39 is 24.2 Å². The van der Waals surface area contributed by atoms with Crippen LogP contribution in [0.15, 0.2) is 65.1 Å². The van der Waals surface area contributed by atoms with Crippen LogP contribution in [0.1, 0.15) is 21.5 Å². The van der Waals surface area contributed by atoms with Gasteiger partial charge in [-0.25, -0.2) is 4.39 Å². The van der Waals surface area contributed by atoms with Gasteiger partial charge in [0.05, 0.1) is 12.1 Å². The van der Waals surface area contributed by atoms with Crippen molar-refractivity contribution >= 4 is 45.0 Å². The third kappa shape index (κ3) is 6.89. The van der Waals surface area contributed by atoms with Crippen molar-refractivity contribution in [3.8, 4) is 5.75 Å². The molecule has 182 valence electrons. The van der Waals surface area contributed by atoms with Crippen LogP contribution in [-0.2, 0) is 9.59 Å². The van der Waals surface area contributed by atoms with Crippen LogP contribution in [0.4, 0.5) is 15.8 Å². The van der Waals surface area contributed by atoms with E-state index in [1.165, 1.54) is 11.0 Å². The smallest absolute Gasteiger partial charge is 0.262 e. The number of benzene rings is 3. The van der Waals surface area contributed by atoms with Crippen molar-refractivity contribution in [3.05, 3.63) is 87.6 Å². The monoisotopic (exact) mass is 541 g/mol. The fraction of sp³-hybridized carbons (Fsp3) is 0.192. The van der Waals surface area contributed by atoms with Crippen molar-refractivity contribution in [2.45, 2.75) is 13.8 Å². The summed E-state index contributed by atoms with van der Waals surface area (Å²) < 4.78 is 20.3. The summed E-state index contributed by atoms with van der Waals surface area (Å²) in [6, 6.07) is 16.1. The van der Waals surface area contributed by atoms with E-state index in [4.69, 9.17) is 4.74 Å². The van der Waals surface area contributed by atoms with E-state index in [2.05, 4.69) is 26.6 Å². The van der Waals surface area contributed by atoms with E-state index in [1.54, 1.807) is 31.3 Å².